The summed E-state index contributed by atoms with van der Waals surface area (Å²) in [4.78, 5) is 4.09. The topological polar surface area (TPSA) is 33.1 Å². The van der Waals surface area contributed by atoms with Crippen molar-refractivity contribution in [3.8, 4) is 0 Å². The standard InChI is InChI=1S/C15H14FNO/c1-10-5-7-17-9-14(10)15(18)6-4-11-8-12(16)2-3-13(11)15/h2-3,5,7-9,18H,4,6H2,1H3. The fourth-order valence-electron chi connectivity index (χ4n) is 2.80. The highest BCUT2D eigenvalue weighted by molar-refractivity contribution is 5.46. The van der Waals surface area contributed by atoms with Crippen LogP contribution < -0.4 is 0 Å². The van der Waals surface area contributed by atoms with Gasteiger partial charge in [0.2, 0.25) is 0 Å². The second-order valence-corrected chi connectivity index (χ2v) is 4.85. The predicted molar refractivity (Wildman–Crippen MR) is 66.7 cm³/mol. The number of pyridine rings is 1. The van der Waals surface area contributed by atoms with Crippen molar-refractivity contribution in [3.05, 3.63) is 64.7 Å². The lowest BCUT2D eigenvalue weighted by Crippen LogP contribution is -2.25. The van der Waals surface area contributed by atoms with Crippen LogP contribution in [0.3, 0.4) is 0 Å². The minimum atomic E-state index is -1.03. The van der Waals surface area contributed by atoms with Crippen LogP contribution in [-0.4, -0.2) is 10.1 Å². The molecule has 2 aromatic rings. The predicted octanol–water partition coefficient (Wildman–Crippen LogP) is 2.71. The fourth-order valence-corrected chi connectivity index (χ4v) is 2.80. The third-order valence-electron chi connectivity index (χ3n) is 3.75. The third-order valence-corrected chi connectivity index (χ3v) is 3.75. The quantitative estimate of drug-likeness (QED) is 0.835. The van der Waals surface area contributed by atoms with Crippen LogP contribution in [0.1, 0.15) is 28.7 Å². The van der Waals surface area contributed by atoms with Gasteiger partial charge in [-0.15, -0.1) is 0 Å². The van der Waals surface area contributed by atoms with Gasteiger partial charge in [0.1, 0.15) is 11.4 Å². The highest BCUT2D eigenvalue weighted by Gasteiger charge is 2.39. The van der Waals surface area contributed by atoms with Gasteiger partial charge in [-0.2, -0.15) is 0 Å². The van der Waals surface area contributed by atoms with Gasteiger partial charge in [-0.3, -0.25) is 4.98 Å². The molecule has 0 radical (unpaired) electrons. The number of hydrogen-bond acceptors (Lipinski definition) is 2. The Morgan fingerprint density at radius 1 is 1.28 bits per heavy atom. The van der Waals surface area contributed by atoms with Crippen molar-refractivity contribution >= 4 is 0 Å². The van der Waals surface area contributed by atoms with Crippen molar-refractivity contribution in [1.29, 1.82) is 0 Å². The number of rotatable bonds is 1. The summed E-state index contributed by atoms with van der Waals surface area (Å²) in [5, 5.41) is 10.9. The Morgan fingerprint density at radius 2 is 2.11 bits per heavy atom. The van der Waals surface area contributed by atoms with Crippen LogP contribution in [0.5, 0.6) is 0 Å². The summed E-state index contributed by atoms with van der Waals surface area (Å²) >= 11 is 0. The largest absolute Gasteiger partial charge is 0.380 e. The van der Waals surface area contributed by atoms with Crippen molar-refractivity contribution in [2.75, 3.05) is 0 Å². The van der Waals surface area contributed by atoms with Crippen LogP contribution in [0.15, 0.2) is 36.7 Å². The molecule has 0 amide bonds. The molecule has 1 aliphatic carbocycles. The molecule has 0 fully saturated rings. The maximum Gasteiger partial charge on any atom is 0.123 e. The van der Waals surface area contributed by atoms with Crippen LogP contribution in [-0.2, 0) is 12.0 Å². The molecular weight excluding hydrogens is 229 g/mol. The zero-order valence-electron chi connectivity index (χ0n) is 10.2. The molecule has 1 N–H and O–H groups in total. The van der Waals surface area contributed by atoms with Crippen molar-refractivity contribution in [2.45, 2.75) is 25.4 Å². The van der Waals surface area contributed by atoms with Gasteiger partial charge < -0.3 is 5.11 Å². The van der Waals surface area contributed by atoms with Gasteiger partial charge in [-0.25, -0.2) is 4.39 Å². The van der Waals surface area contributed by atoms with Crippen LogP contribution in [0.25, 0.3) is 0 Å². The van der Waals surface area contributed by atoms with E-state index < -0.39 is 5.60 Å². The zero-order valence-corrected chi connectivity index (χ0v) is 10.2. The van der Waals surface area contributed by atoms with Crippen molar-refractivity contribution < 1.29 is 9.50 Å². The van der Waals surface area contributed by atoms with E-state index in [-0.39, 0.29) is 5.82 Å². The summed E-state index contributed by atoms with van der Waals surface area (Å²) in [6.07, 6.45) is 4.69. The van der Waals surface area contributed by atoms with Gasteiger partial charge >= 0.3 is 0 Å². The highest BCUT2D eigenvalue weighted by Crippen LogP contribution is 2.42. The molecular formula is C15H14FNO. The summed E-state index contributed by atoms with van der Waals surface area (Å²) in [5.41, 5.74) is 2.49. The maximum atomic E-state index is 13.2. The van der Waals surface area contributed by atoms with Gasteiger partial charge in [-0.1, -0.05) is 6.07 Å². The van der Waals surface area contributed by atoms with Crippen molar-refractivity contribution in [2.24, 2.45) is 0 Å². The van der Waals surface area contributed by atoms with E-state index in [4.69, 9.17) is 0 Å². The number of aliphatic hydroxyl groups is 1. The molecule has 0 saturated heterocycles. The number of nitrogens with zero attached hydrogens (tertiary/aromatic N) is 1. The average Bonchev–Trinajstić information content (AvgIpc) is 2.68. The summed E-state index contributed by atoms with van der Waals surface area (Å²) < 4.78 is 13.2. The molecule has 2 nitrogen and oxygen atoms in total. The second kappa shape index (κ2) is 3.89. The van der Waals surface area contributed by atoms with Gasteiger partial charge in [0, 0.05) is 18.0 Å². The van der Waals surface area contributed by atoms with Crippen molar-refractivity contribution in [3.63, 3.8) is 0 Å². The lowest BCUT2D eigenvalue weighted by Gasteiger charge is -2.26. The molecule has 3 heteroatoms. The van der Waals surface area contributed by atoms with E-state index in [0.717, 1.165) is 22.3 Å². The zero-order chi connectivity index (χ0) is 12.8. The van der Waals surface area contributed by atoms with E-state index in [2.05, 4.69) is 4.98 Å². The second-order valence-electron chi connectivity index (χ2n) is 4.85. The molecule has 1 aromatic heterocycles. The first-order chi connectivity index (χ1) is 8.61. The number of fused-ring (bicyclic) bond motifs is 1. The minimum Gasteiger partial charge on any atom is -0.380 e. The Morgan fingerprint density at radius 3 is 2.89 bits per heavy atom. The van der Waals surface area contributed by atoms with Crippen LogP contribution in [0.4, 0.5) is 4.39 Å². The third kappa shape index (κ3) is 1.55. The van der Waals surface area contributed by atoms with E-state index >= 15 is 0 Å². The van der Waals surface area contributed by atoms with E-state index in [1.54, 1.807) is 18.5 Å². The Bertz CT molecular complexity index is 611. The molecule has 1 aliphatic rings. The Labute approximate surface area is 105 Å². The number of halogens is 1. The Balaban J connectivity index is 2.18. The Kier molecular flexibility index (Phi) is 2.45. The molecule has 92 valence electrons. The fraction of sp³-hybridized carbons (Fsp3) is 0.267. The van der Waals surface area contributed by atoms with Gasteiger partial charge in [0.05, 0.1) is 0 Å². The Hall–Kier alpha value is -1.74. The number of aromatic nitrogens is 1. The van der Waals surface area contributed by atoms with E-state index in [9.17, 15) is 9.50 Å². The first-order valence-corrected chi connectivity index (χ1v) is 6.03. The SMILES string of the molecule is Cc1ccncc1C1(O)CCc2cc(F)ccc21. The van der Waals surface area contributed by atoms with Gasteiger partial charge in [0.15, 0.2) is 0 Å². The maximum absolute atomic E-state index is 13.2. The van der Waals surface area contributed by atoms with Crippen molar-refractivity contribution in [1.82, 2.24) is 4.98 Å². The molecule has 0 saturated carbocycles. The first-order valence-electron chi connectivity index (χ1n) is 6.03. The monoisotopic (exact) mass is 243 g/mol. The summed E-state index contributed by atoms with van der Waals surface area (Å²) in [7, 11) is 0. The summed E-state index contributed by atoms with van der Waals surface area (Å²) in [5.74, 6) is -0.249. The highest BCUT2D eigenvalue weighted by atomic mass is 19.1. The van der Waals surface area contributed by atoms with Gasteiger partial charge in [-0.05, 0) is 54.7 Å². The molecule has 1 unspecified atom stereocenters. The molecule has 18 heavy (non-hydrogen) atoms. The lowest BCUT2D eigenvalue weighted by atomic mass is 9.86. The number of benzene rings is 1. The van der Waals surface area contributed by atoms with Crippen LogP contribution >= 0.6 is 0 Å². The normalized spacial score (nSPS) is 21.9. The smallest absolute Gasteiger partial charge is 0.123 e. The van der Waals surface area contributed by atoms with E-state index in [0.29, 0.717) is 12.8 Å². The van der Waals surface area contributed by atoms with E-state index in [1.807, 2.05) is 13.0 Å². The molecule has 0 aliphatic heterocycles. The van der Waals surface area contributed by atoms with Gasteiger partial charge in [0.25, 0.3) is 0 Å². The summed E-state index contributed by atoms with van der Waals surface area (Å²) in [6, 6.07) is 6.48. The summed E-state index contributed by atoms with van der Waals surface area (Å²) in [6.45, 7) is 1.95. The molecule has 1 aromatic carbocycles. The molecule has 1 heterocycles. The van der Waals surface area contributed by atoms with Crippen LogP contribution in [0.2, 0.25) is 0 Å². The lowest BCUT2D eigenvalue weighted by molar-refractivity contribution is 0.0819. The molecule has 1 atom stereocenters. The number of hydrogen-bond donors (Lipinski definition) is 1. The number of aryl methyl sites for hydroxylation is 2. The molecule has 0 bridgehead atoms. The molecule has 3 rings (SSSR count). The molecule has 0 spiro atoms. The minimum absolute atomic E-state index is 0.249. The van der Waals surface area contributed by atoms with E-state index in [1.165, 1.54) is 12.1 Å². The first kappa shape index (κ1) is 11.4. The average molecular weight is 243 g/mol. The van der Waals surface area contributed by atoms with Crippen LogP contribution in [0, 0.1) is 12.7 Å².